The van der Waals surface area contributed by atoms with Gasteiger partial charge in [0.1, 0.15) is 5.75 Å². The van der Waals surface area contributed by atoms with Gasteiger partial charge in [-0.05, 0) is 66.6 Å². The number of amides is 1. The Balaban J connectivity index is 1.68. The summed E-state index contributed by atoms with van der Waals surface area (Å²) in [5.74, 6) is 0.0955. The van der Waals surface area contributed by atoms with Crippen LogP contribution in [0.2, 0.25) is 0 Å². The second-order valence-electron chi connectivity index (χ2n) is 5.63. The van der Waals surface area contributed by atoms with Crippen LogP contribution in [0.5, 0.6) is 5.75 Å². The van der Waals surface area contributed by atoms with Crippen LogP contribution < -0.4 is 5.32 Å². The molecule has 0 bridgehead atoms. The molecule has 2 aliphatic rings. The summed E-state index contributed by atoms with van der Waals surface area (Å²) >= 11 is 2.05. The summed E-state index contributed by atoms with van der Waals surface area (Å²) in [4.78, 5) is 14.8. The van der Waals surface area contributed by atoms with Gasteiger partial charge in [0.15, 0.2) is 0 Å². The van der Waals surface area contributed by atoms with Crippen LogP contribution >= 0.6 is 22.6 Å². The van der Waals surface area contributed by atoms with E-state index in [1.807, 2.05) is 0 Å². The number of hydrogen-bond donors (Lipinski definition) is 2. The molecule has 0 saturated carbocycles. The van der Waals surface area contributed by atoms with Gasteiger partial charge in [-0.15, -0.1) is 0 Å². The molecule has 3 rings (SSSR count). The minimum atomic E-state index is -0.0749. The molecule has 0 radical (unpaired) electrons. The van der Waals surface area contributed by atoms with E-state index in [1.54, 1.807) is 18.2 Å². The smallest absolute Gasteiger partial charge is 0.251 e. The molecule has 0 aliphatic carbocycles. The lowest BCUT2D eigenvalue weighted by atomic mass is 9.99. The van der Waals surface area contributed by atoms with Crippen molar-refractivity contribution < 1.29 is 9.90 Å². The zero-order valence-electron chi connectivity index (χ0n) is 11.3. The van der Waals surface area contributed by atoms with Crippen molar-refractivity contribution in [2.45, 2.75) is 37.8 Å². The highest BCUT2D eigenvalue weighted by molar-refractivity contribution is 14.1. The second-order valence-corrected chi connectivity index (χ2v) is 6.80. The van der Waals surface area contributed by atoms with Gasteiger partial charge in [-0.3, -0.25) is 9.69 Å². The quantitative estimate of drug-likeness (QED) is 0.768. The first kappa shape index (κ1) is 14.1. The first-order valence-electron chi connectivity index (χ1n) is 7.18. The van der Waals surface area contributed by atoms with E-state index in [0.717, 1.165) is 16.5 Å². The highest BCUT2D eigenvalue weighted by Crippen LogP contribution is 2.27. The van der Waals surface area contributed by atoms with Crippen LogP contribution in [0.3, 0.4) is 0 Å². The average molecular weight is 386 g/mol. The molecule has 1 aromatic carbocycles. The summed E-state index contributed by atoms with van der Waals surface area (Å²) in [7, 11) is 0. The largest absolute Gasteiger partial charge is 0.507 e. The SMILES string of the molecule is O=C(NC1CCN2CCCCC12)c1ccc(I)c(O)c1. The number of phenols is 1. The molecule has 20 heavy (non-hydrogen) atoms. The molecule has 2 unspecified atom stereocenters. The highest BCUT2D eigenvalue weighted by atomic mass is 127. The Kier molecular flexibility index (Phi) is 4.16. The summed E-state index contributed by atoms with van der Waals surface area (Å²) in [5, 5.41) is 12.8. The molecule has 2 atom stereocenters. The van der Waals surface area contributed by atoms with Gasteiger partial charge in [-0.2, -0.15) is 0 Å². The number of piperidine rings is 1. The number of carbonyl (C=O) groups excluding carboxylic acids is 1. The number of nitrogens with zero attached hydrogens (tertiary/aromatic N) is 1. The van der Waals surface area contributed by atoms with Crippen molar-refractivity contribution in [1.82, 2.24) is 10.2 Å². The molecule has 2 aliphatic heterocycles. The number of hydrogen-bond acceptors (Lipinski definition) is 3. The van der Waals surface area contributed by atoms with Gasteiger partial charge in [0.25, 0.3) is 5.91 Å². The number of phenolic OH excluding ortho intramolecular Hbond substituents is 1. The molecule has 0 aromatic heterocycles. The third-order valence-corrected chi connectivity index (χ3v) is 5.29. The molecule has 108 valence electrons. The van der Waals surface area contributed by atoms with E-state index >= 15 is 0 Å². The Morgan fingerprint density at radius 3 is 2.95 bits per heavy atom. The lowest BCUT2D eigenvalue weighted by Crippen LogP contribution is -2.46. The molecule has 0 spiro atoms. The predicted molar refractivity (Wildman–Crippen MR) is 85.9 cm³/mol. The molecule has 1 amide bonds. The van der Waals surface area contributed by atoms with E-state index in [9.17, 15) is 9.90 Å². The maximum atomic E-state index is 12.3. The van der Waals surface area contributed by atoms with Crippen LogP contribution in [-0.4, -0.2) is 41.1 Å². The van der Waals surface area contributed by atoms with Crippen molar-refractivity contribution in [2.75, 3.05) is 13.1 Å². The fourth-order valence-electron chi connectivity index (χ4n) is 3.32. The standard InChI is InChI=1S/C15H19IN2O2/c16-11-5-4-10(9-14(11)19)15(20)17-12-6-8-18-7-2-1-3-13(12)18/h4-5,9,12-13,19H,1-3,6-8H2,(H,17,20). The third kappa shape index (κ3) is 2.79. The van der Waals surface area contributed by atoms with Crippen LogP contribution in [0.15, 0.2) is 18.2 Å². The Morgan fingerprint density at radius 1 is 1.30 bits per heavy atom. The number of nitrogens with one attached hydrogen (secondary N) is 1. The summed E-state index contributed by atoms with van der Waals surface area (Å²) < 4.78 is 0.762. The van der Waals surface area contributed by atoms with E-state index in [2.05, 4.69) is 32.8 Å². The topological polar surface area (TPSA) is 52.6 Å². The van der Waals surface area contributed by atoms with Crippen molar-refractivity contribution >= 4 is 28.5 Å². The second kappa shape index (κ2) is 5.89. The maximum Gasteiger partial charge on any atom is 0.251 e. The Morgan fingerprint density at radius 2 is 2.15 bits per heavy atom. The summed E-state index contributed by atoms with van der Waals surface area (Å²) in [6.07, 6.45) is 4.76. The van der Waals surface area contributed by atoms with Crippen molar-refractivity contribution in [3.05, 3.63) is 27.3 Å². The number of fused-ring (bicyclic) bond motifs is 1. The van der Waals surface area contributed by atoms with Gasteiger partial charge in [0.05, 0.1) is 3.57 Å². The lowest BCUT2D eigenvalue weighted by molar-refractivity contribution is 0.0915. The zero-order chi connectivity index (χ0) is 14.1. The van der Waals surface area contributed by atoms with Gasteiger partial charge in [-0.25, -0.2) is 0 Å². The van der Waals surface area contributed by atoms with Gasteiger partial charge in [0, 0.05) is 24.2 Å². The first-order chi connectivity index (χ1) is 9.65. The van der Waals surface area contributed by atoms with Crippen LogP contribution in [0.25, 0.3) is 0 Å². The molecule has 2 N–H and O–H groups in total. The molecule has 5 heteroatoms. The van der Waals surface area contributed by atoms with E-state index in [0.29, 0.717) is 11.6 Å². The van der Waals surface area contributed by atoms with Crippen LogP contribution in [-0.2, 0) is 0 Å². The number of benzene rings is 1. The lowest BCUT2D eigenvalue weighted by Gasteiger charge is -2.32. The molecule has 2 saturated heterocycles. The normalized spacial score (nSPS) is 26.2. The molecule has 2 fully saturated rings. The molecular weight excluding hydrogens is 367 g/mol. The minimum Gasteiger partial charge on any atom is -0.507 e. The fraction of sp³-hybridized carbons (Fsp3) is 0.533. The fourth-order valence-corrected chi connectivity index (χ4v) is 3.66. The van der Waals surface area contributed by atoms with Crippen LogP contribution in [0, 0.1) is 3.57 Å². The summed E-state index contributed by atoms with van der Waals surface area (Å²) in [6.45, 7) is 2.26. The summed E-state index contributed by atoms with van der Waals surface area (Å²) in [5.41, 5.74) is 0.539. The highest BCUT2D eigenvalue weighted by Gasteiger charge is 2.36. The summed E-state index contributed by atoms with van der Waals surface area (Å²) in [6, 6.07) is 5.84. The number of aromatic hydroxyl groups is 1. The van der Waals surface area contributed by atoms with Crippen molar-refractivity contribution in [1.29, 1.82) is 0 Å². The van der Waals surface area contributed by atoms with Gasteiger partial charge in [0.2, 0.25) is 0 Å². The minimum absolute atomic E-state index is 0.0749. The Labute approximate surface area is 132 Å². The average Bonchev–Trinajstić information content (AvgIpc) is 2.85. The van der Waals surface area contributed by atoms with Crippen LogP contribution in [0.1, 0.15) is 36.0 Å². The van der Waals surface area contributed by atoms with Gasteiger partial charge < -0.3 is 10.4 Å². The van der Waals surface area contributed by atoms with E-state index in [-0.39, 0.29) is 17.7 Å². The number of halogens is 1. The molecule has 1 aromatic rings. The van der Waals surface area contributed by atoms with Crippen molar-refractivity contribution in [2.24, 2.45) is 0 Å². The van der Waals surface area contributed by atoms with Gasteiger partial charge in [-0.1, -0.05) is 6.42 Å². The van der Waals surface area contributed by atoms with Crippen molar-refractivity contribution in [3.63, 3.8) is 0 Å². The predicted octanol–water partition coefficient (Wildman–Crippen LogP) is 2.35. The third-order valence-electron chi connectivity index (χ3n) is 4.38. The Bertz CT molecular complexity index is 521. The van der Waals surface area contributed by atoms with Crippen LogP contribution in [0.4, 0.5) is 0 Å². The number of carbonyl (C=O) groups is 1. The monoisotopic (exact) mass is 386 g/mol. The van der Waals surface area contributed by atoms with E-state index in [1.165, 1.54) is 25.8 Å². The van der Waals surface area contributed by atoms with E-state index in [4.69, 9.17) is 0 Å². The molecule has 2 heterocycles. The zero-order valence-corrected chi connectivity index (χ0v) is 13.5. The first-order valence-corrected chi connectivity index (χ1v) is 8.26. The molecule has 4 nitrogen and oxygen atoms in total. The molecular formula is C15H19IN2O2. The maximum absolute atomic E-state index is 12.3. The van der Waals surface area contributed by atoms with E-state index < -0.39 is 0 Å². The van der Waals surface area contributed by atoms with Crippen molar-refractivity contribution in [3.8, 4) is 5.75 Å². The Hall–Kier alpha value is -0.820. The number of rotatable bonds is 2. The van der Waals surface area contributed by atoms with Gasteiger partial charge >= 0.3 is 0 Å².